The Hall–Kier alpha value is -1.26. The number of nitrogens with one attached hydrogen (secondary N) is 1. The summed E-state index contributed by atoms with van der Waals surface area (Å²) in [6.07, 6.45) is 2.62. The number of thioether (sulfide) groups is 1. The summed E-state index contributed by atoms with van der Waals surface area (Å²) in [7, 11) is 0. The minimum absolute atomic E-state index is 0.140. The fourth-order valence-electron chi connectivity index (χ4n) is 2.79. The molecule has 2 aromatic carbocycles. The average Bonchev–Trinajstić information content (AvgIpc) is 2.92. The maximum absolute atomic E-state index is 12.1. The van der Waals surface area contributed by atoms with Crippen LogP contribution in [0.5, 0.6) is 0 Å². The molecule has 114 valence electrons. The third kappa shape index (κ3) is 3.73. The Morgan fingerprint density at radius 3 is 2.82 bits per heavy atom. The summed E-state index contributed by atoms with van der Waals surface area (Å²) in [5.74, 6) is 0.935. The second-order valence-corrected chi connectivity index (χ2v) is 7.38. The Morgan fingerprint density at radius 2 is 1.95 bits per heavy atom. The third-order valence-corrected chi connectivity index (χ3v) is 5.92. The Labute approximate surface area is 143 Å². The molecular formula is C18H18BrNOS. The number of benzene rings is 2. The zero-order chi connectivity index (χ0) is 15.4. The van der Waals surface area contributed by atoms with Gasteiger partial charge in [0.1, 0.15) is 0 Å². The lowest BCUT2D eigenvalue weighted by molar-refractivity contribution is -0.121. The van der Waals surface area contributed by atoms with E-state index < -0.39 is 0 Å². The predicted octanol–water partition coefficient (Wildman–Crippen LogP) is 4.74. The number of carbonyl (C=O) groups excluding carboxylic acids is 1. The van der Waals surface area contributed by atoms with Crippen molar-refractivity contribution in [3.05, 3.63) is 64.1 Å². The molecule has 0 saturated heterocycles. The van der Waals surface area contributed by atoms with E-state index in [1.807, 2.05) is 24.3 Å². The first-order valence-corrected chi connectivity index (χ1v) is 9.26. The zero-order valence-corrected chi connectivity index (χ0v) is 14.6. The van der Waals surface area contributed by atoms with Gasteiger partial charge in [-0.3, -0.25) is 4.79 Å². The topological polar surface area (TPSA) is 29.1 Å². The molecule has 0 radical (unpaired) electrons. The number of carbonyl (C=O) groups is 1. The van der Waals surface area contributed by atoms with Crippen LogP contribution in [0, 0.1) is 0 Å². The fraction of sp³-hybridized carbons (Fsp3) is 0.278. The van der Waals surface area contributed by atoms with Gasteiger partial charge in [0, 0.05) is 21.5 Å². The van der Waals surface area contributed by atoms with Gasteiger partial charge in [-0.1, -0.05) is 36.4 Å². The van der Waals surface area contributed by atoms with Crippen molar-refractivity contribution in [3.63, 3.8) is 0 Å². The second kappa shape index (κ2) is 7.34. The van der Waals surface area contributed by atoms with Crippen molar-refractivity contribution in [2.75, 3.05) is 5.75 Å². The molecule has 0 aliphatic heterocycles. The number of hydrogen-bond acceptors (Lipinski definition) is 2. The molecule has 0 heterocycles. The van der Waals surface area contributed by atoms with Crippen LogP contribution in [0.25, 0.3) is 0 Å². The number of fused-ring (bicyclic) bond motifs is 1. The normalized spacial score (nSPS) is 16.3. The van der Waals surface area contributed by atoms with Crippen molar-refractivity contribution in [3.8, 4) is 0 Å². The summed E-state index contributed by atoms with van der Waals surface area (Å²) >= 11 is 5.24. The standard InChI is InChI=1S/C18H18BrNOS/c19-15-7-3-4-8-17(15)22-12-11-18(21)20-16-10-9-13-5-1-2-6-14(13)16/h1-8,16H,9-12H2,(H,20,21). The van der Waals surface area contributed by atoms with Gasteiger partial charge in [-0.2, -0.15) is 0 Å². The molecule has 2 aromatic rings. The minimum Gasteiger partial charge on any atom is -0.349 e. The summed E-state index contributed by atoms with van der Waals surface area (Å²) in [6.45, 7) is 0. The molecular weight excluding hydrogens is 358 g/mol. The molecule has 0 bridgehead atoms. The molecule has 1 unspecified atom stereocenters. The van der Waals surface area contributed by atoms with Crippen LogP contribution < -0.4 is 5.32 Å². The zero-order valence-electron chi connectivity index (χ0n) is 12.2. The van der Waals surface area contributed by atoms with Crippen LogP contribution in [0.4, 0.5) is 0 Å². The monoisotopic (exact) mass is 375 g/mol. The smallest absolute Gasteiger partial charge is 0.221 e. The summed E-state index contributed by atoms with van der Waals surface area (Å²) in [5, 5.41) is 3.17. The molecule has 1 N–H and O–H groups in total. The fourth-order valence-corrected chi connectivity index (χ4v) is 4.31. The Balaban J connectivity index is 1.49. The second-order valence-electron chi connectivity index (χ2n) is 5.39. The van der Waals surface area contributed by atoms with E-state index >= 15 is 0 Å². The quantitative estimate of drug-likeness (QED) is 0.764. The molecule has 22 heavy (non-hydrogen) atoms. The molecule has 3 rings (SSSR count). The highest BCUT2D eigenvalue weighted by Gasteiger charge is 2.22. The lowest BCUT2D eigenvalue weighted by atomic mass is 10.1. The van der Waals surface area contributed by atoms with Crippen LogP contribution in [0.15, 0.2) is 57.9 Å². The summed E-state index contributed by atoms with van der Waals surface area (Å²) in [6, 6.07) is 16.7. The molecule has 1 aliphatic carbocycles. The highest BCUT2D eigenvalue weighted by atomic mass is 79.9. The molecule has 1 aliphatic rings. The minimum atomic E-state index is 0.140. The molecule has 2 nitrogen and oxygen atoms in total. The van der Waals surface area contributed by atoms with E-state index in [1.54, 1.807) is 11.8 Å². The van der Waals surface area contributed by atoms with Gasteiger partial charge in [0.2, 0.25) is 5.91 Å². The van der Waals surface area contributed by atoms with E-state index in [4.69, 9.17) is 0 Å². The van der Waals surface area contributed by atoms with Crippen LogP contribution in [0.1, 0.15) is 30.0 Å². The van der Waals surface area contributed by atoms with Gasteiger partial charge in [-0.15, -0.1) is 11.8 Å². The van der Waals surface area contributed by atoms with Gasteiger partial charge in [-0.25, -0.2) is 0 Å². The number of hydrogen-bond donors (Lipinski definition) is 1. The van der Waals surface area contributed by atoms with Crippen molar-refractivity contribution in [2.24, 2.45) is 0 Å². The van der Waals surface area contributed by atoms with Gasteiger partial charge in [0.15, 0.2) is 0 Å². The molecule has 1 atom stereocenters. The van der Waals surface area contributed by atoms with E-state index in [0.29, 0.717) is 6.42 Å². The lowest BCUT2D eigenvalue weighted by Crippen LogP contribution is -2.27. The summed E-state index contributed by atoms with van der Waals surface area (Å²) in [5.41, 5.74) is 2.66. The predicted molar refractivity (Wildman–Crippen MR) is 95.1 cm³/mol. The van der Waals surface area contributed by atoms with Gasteiger partial charge in [0.25, 0.3) is 0 Å². The van der Waals surface area contributed by atoms with Crippen molar-refractivity contribution < 1.29 is 4.79 Å². The lowest BCUT2D eigenvalue weighted by Gasteiger charge is -2.14. The van der Waals surface area contributed by atoms with E-state index in [-0.39, 0.29) is 11.9 Å². The van der Waals surface area contributed by atoms with Crippen molar-refractivity contribution in [1.82, 2.24) is 5.32 Å². The maximum Gasteiger partial charge on any atom is 0.221 e. The highest BCUT2D eigenvalue weighted by molar-refractivity contribution is 9.10. The summed E-state index contributed by atoms with van der Waals surface area (Å²) < 4.78 is 1.09. The Morgan fingerprint density at radius 1 is 1.18 bits per heavy atom. The van der Waals surface area contributed by atoms with Crippen LogP contribution in [0.3, 0.4) is 0 Å². The van der Waals surface area contributed by atoms with Gasteiger partial charge in [-0.05, 0) is 52.0 Å². The first-order valence-electron chi connectivity index (χ1n) is 7.48. The van der Waals surface area contributed by atoms with Crippen molar-refractivity contribution in [2.45, 2.75) is 30.2 Å². The Kier molecular flexibility index (Phi) is 5.21. The average molecular weight is 376 g/mol. The van der Waals surface area contributed by atoms with Crippen molar-refractivity contribution in [1.29, 1.82) is 0 Å². The number of rotatable bonds is 5. The summed E-state index contributed by atoms with van der Waals surface area (Å²) in [4.78, 5) is 13.3. The first-order chi connectivity index (χ1) is 10.7. The Bertz CT molecular complexity index is 674. The maximum atomic E-state index is 12.1. The molecule has 4 heteroatoms. The van der Waals surface area contributed by atoms with Crippen LogP contribution in [0.2, 0.25) is 0 Å². The van der Waals surface area contributed by atoms with Gasteiger partial charge >= 0.3 is 0 Å². The van der Waals surface area contributed by atoms with Gasteiger partial charge in [0.05, 0.1) is 6.04 Å². The van der Waals surface area contributed by atoms with E-state index in [0.717, 1.165) is 23.1 Å². The largest absolute Gasteiger partial charge is 0.349 e. The van der Waals surface area contributed by atoms with Crippen LogP contribution in [-0.2, 0) is 11.2 Å². The molecule has 0 spiro atoms. The molecule has 0 fully saturated rings. The number of aryl methyl sites for hydroxylation is 1. The van der Waals surface area contributed by atoms with E-state index in [1.165, 1.54) is 16.0 Å². The van der Waals surface area contributed by atoms with E-state index in [2.05, 4.69) is 45.5 Å². The van der Waals surface area contributed by atoms with Crippen molar-refractivity contribution >= 4 is 33.6 Å². The SMILES string of the molecule is O=C(CCSc1ccccc1Br)NC1CCc2ccccc21. The van der Waals surface area contributed by atoms with Crippen LogP contribution in [-0.4, -0.2) is 11.7 Å². The highest BCUT2D eigenvalue weighted by Crippen LogP contribution is 2.31. The van der Waals surface area contributed by atoms with E-state index in [9.17, 15) is 4.79 Å². The first kappa shape index (κ1) is 15.6. The van der Waals surface area contributed by atoms with Gasteiger partial charge < -0.3 is 5.32 Å². The molecule has 0 aromatic heterocycles. The third-order valence-electron chi connectivity index (χ3n) is 3.89. The number of halogens is 1. The molecule has 0 saturated carbocycles. The number of amides is 1. The van der Waals surface area contributed by atoms with Crippen LogP contribution >= 0.6 is 27.7 Å². The molecule has 1 amide bonds.